The van der Waals surface area contributed by atoms with Crippen molar-refractivity contribution in [1.29, 1.82) is 0 Å². The fourth-order valence-electron chi connectivity index (χ4n) is 6.87. The van der Waals surface area contributed by atoms with Crippen molar-refractivity contribution in [3.8, 4) is 22.8 Å². The largest absolute Gasteiger partial charge is 0.497 e. The number of carbonyl (C=O) groups excluding carboxylic acids is 4. The molecule has 14 nitrogen and oxygen atoms in total. The molecule has 2 heterocycles. The minimum atomic E-state index is -4.61. The topological polar surface area (TPSA) is 182 Å². The number of hydrogen-bond acceptors (Lipinski definition) is 10. The highest BCUT2D eigenvalue weighted by atomic mass is 35.5. The predicted octanol–water partition coefficient (Wildman–Crippen LogP) is 7.34. The van der Waals surface area contributed by atoms with E-state index in [0.29, 0.717) is 28.1 Å². The molecule has 0 spiro atoms. The van der Waals surface area contributed by atoms with E-state index in [0.717, 1.165) is 23.8 Å². The van der Waals surface area contributed by atoms with Gasteiger partial charge in [0.05, 0.1) is 34.8 Å². The first-order chi connectivity index (χ1) is 28.9. The van der Waals surface area contributed by atoms with Gasteiger partial charge in [-0.2, -0.15) is 0 Å². The van der Waals surface area contributed by atoms with Gasteiger partial charge in [-0.05, 0) is 76.3 Å². The molecule has 5 rings (SSSR count). The quantitative estimate of drug-likeness (QED) is 0.108. The second-order valence-corrected chi connectivity index (χ2v) is 19.4. The fraction of sp³-hybridized carbons (Fsp3) is 0.400. The highest BCUT2D eigenvalue weighted by Gasteiger charge is 2.48. The zero-order valence-corrected chi connectivity index (χ0v) is 37.6. The summed E-state index contributed by atoms with van der Waals surface area (Å²) in [5.41, 5.74) is -1.69. The number of nitrogens with one attached hydrogen (secondary N) is 3. The van der Waals surface area contributed by atoms with E-state index < -0.39 is 84.3 Å². The van der Waals surface area contributed by atoms with Crippen LogP contribution in [0.2, 0.25) is 5.02 Å². The lowest BCUT2D eigenvalue weighted by Crippen LogP contribution is -2.62. The third-order valence-electron chi connectivity index (χ3n) is 10.1. The molecule has 1 unspecified atom stereocenters. The van der Waals surface area contributed by atoms with Crippen LogP contribution in [0.5, 0.6) is 11.5 Å². The molecule has 4 atom stereocenters. The Kier molecular flexibility index (Phi) is 14.3. The van der Waals surface area contributed by atoms with Crippen LogP contribution in [0.3, 0.4) is 0 Å². The molecular formula is C45H53ClFN5O9S. The van der Waals surface area contributed by atoms with E-state index in [2.05, 4.69) is 17.2 Å². The summed E-state index contributed by atoms with van der Waals surface area (Å²) >= 11 is 5.84. The van der Waals surface area contributed by atoms with Gasteiger partial charge < -0.3 is 29.7 Å². The van der Waals surface area contributed by atoms with E-state index in [1.165, 1.54) is 17.9 Å². The second-order valence-electron chi connectivity index (χ2n) is 17.3. The number of carbonyl (C=O) groups is 4. The zero-order valence-electron chi connectivity index (χ0n) is 36.0. The maximum absolute atomic E-state index is 14.8. The number of likely N-dealkylation sites (tertiary alicyclic amines) is 1. The number of methoxy groups -OCH3 is 1. The van der Waals surface area contributed by atoms with Crippen molar-refractivity contribution in [2.24, 2.45) is 5.41 Å². The van der Waals surface area contributed by atoms with Gasteiger partial charge >= 0.3 is 6.09 Å². The molecule has 0 aliphatic carbocycles. The van der Waals surface area contributed by atoms with Crippen molar-refractivity contribution in [3.05, 3.63) is 96.3 Å². The van der Waals surface area contributed by atoms with Crippen LogP contribution in [0, 0.1) is 11.2 Å². The molecule has 0 bridgehead atoms. The summed E-state index contributed by atoms with van der Waals surface area (Å²) in [6.45, 7) is 15.2. The molecule has 332 valence electrons. The Morgan fingerprint density at radius 3 is 2.31 bits per heavy atom. The van der Waals surface area contributed by atoms with Crippen molar-refractivity contribution >= 4 is 56.3 Å². The summed E-state index contributed by atoms with van der Waals surface area (Å²) in [7, 11) is -3.06. The van der Waals surface area contributed by atoms with E-state index in [1.807, 2.05) is 35.1 Å². The first kappa shape index (κ1) is 47.3. The molecule has 0 saturated carbocycles. The van der Waals surface area contributed by atoms with Gasteiger partial charge in [0.1, 0.15) is 46.6 Å². The Balaban J connectivity index is 1.54. The molecule has 62 heavy (non-hydrogen) atoms. The maximum Gasteiger partial charge on any atom is 0.408 e. The third-order valence-corrected chi connectivity index (χ3v) is 11.8. The standard InChI is InChI=1S/C45H53ClFN5O9S/c1-10-11-21-45(8,41(55)51-62(57,58)30-18-20-33(47)32(46)24-30)50-39(53)36-23-29(26-52(36)40(54)38(43(2,3)4)49-42(56)61-44(5,6)7)60-37-25-34(27-15-13-12-14-16-27)48-35-22-28(59-9)17-19-31(35)37/h10,12-20,22,24-25,29,36,38H,1,11,21,23,26H2,2-9H3,(H,49,56)(H,50,53)(H,51,55)/t29-,36+,38?,45+/m1/s1. The number of rotatable bonds is 14. The van der Waals surface area contributed by atoms with Crippen molar-refractivity contribution in [2.45, 2.75) is 102 Å². The van der Waals surface area contributed by atoms with Crippen LogP contribution < -0.4 is 24.8 Å². The second kappa shape index (κ2) is 18.7. The number of halogens is 2. The number of hydrogen-bond donors (Lipinski definition) is 3. The highest BCUT2D eigenvalue weighted by Crippen LogP contribution is 2.36. The lowest BCUT2D eigenvalue weighted by molar-refractivity contribution is -0.143. The summed E-state index contributed by atoms with van der Waals surface area (Å²) in [5.74, 6) is -2.41. The molecular weight excluding hydrogens is 841 g/mol. The van der Waals surface area contributed by atoms with Crippen LogP contribution in [-0.4, -0.2) is 85.1 Å². The molecule has 3 N–H and O–H groups in total. The van der Waals surface area contributed by atoms with Crippen LogP contribution in [0.25, 0.3) is 22.2 Å². The Hall–Kier alpha value is -5.74. The third kappa shape index (κ3) is 11.4. The van der Waals surface area contributed by atoms with E-state index in [-0.39, 0.29) is 25.8 Å². The van der Waals surface area contributed by atoms with Crippen LogP contribution in [-0.2, 0) is 29.1 Å². The Morgan fingerprint density at radius 2 is 1.69 bits per heavy atom. The number of aromatic nitrogens is 1. The summed E-state index contributed by atoms with van der Waals surface area (Å²) in [5, 5.41) is 5.58. The van der Waals surface area contributed by atoms with E-state index in [1.54, 1.807) is 72.9 Å². The lowest BCUT2D eigenvalue weighted by atomic mass is 9.85. The molecule has 1 aromatic heterocycles. The first-order valence-electron chi connectivity index (χ1n) is 19.9. The van der Waals surface area contributed by atoms with Gasteiger partial charge in [-0.3, -0.25) is 14.4 Å². The van der Waals surface area contributed by atoms with Crippen molar-refractivity contribution < 1.29 is 46.2 Å². The van der Waals surface area contributed by atoms with Crippen molar-refractivity contribution in [3.63, 3.8) is 0 Å². The molecule has 1 aliphatic heterocycles. The van der Waals surface area contributed by atoms with Crippen molar-refractivity contribution in [2.75, 3.05) is 13.7 Å². The number of alkyl carbamates (subject to hydrolysis) is 1. The number of benzene rings is 3. The predicted molar refractivity (Wildman–Crippen MR) is 234 cm³/mol. The minimum absolute atomic E-state index is 0.0763. The number of nitrogens with zero attached hydrogens (tertiary/aromatic N) is 2. The van der Waals surface area contributed by atoms with Gasteiger partial charge in [-0.1, -0.05) is 68.8 Å². The van der Waals surface area contributed by atoms with Crippen molar-refractivity contribution in [1.82, 2.24) is 25.2 Å². The van der Waals surface area contributed by atoms with Gasteiger partial charge in [0.2, 0.25) is 11.8 Å². The molecule has 4 amide bonds. The van der Waals surface area contributed by atoms with Crippen LogP contribution >= 0.6 is 11.6 Å². The zero-order chi connectivity index (χ0) is 45.8. The Labute approximate surface area is 366 Å². The Bertz CT molecular complexity index is 2460. The van der Waals surface area contributed by atoms with E-state index in [9.17, 15) is 32.0 Å². The van der Waals surface area contributed by atoms with E-state index in [4.69, 9.17) is 30.8 Å². The lowest BCUT2D eigenvalue weighted by Gasteiger charge is -2.36. The normalized spacial score (nSPS) is 17.0. The average molecular weight is 894 g/mol. The number of pyridine rings is 1. The number of fused-ring (bicyclic) bond motifs is 1. The van der Waals surface area contributed by atoms with Gasteiger partial charge in [-0.25, -0.2) is 27.3 Å². The number of sulfonamides is 1. The fourth-order valence-corrected chi connectivity index (χ4v) is 8.22. The average Bonchev–Trinajstić information content (AvgIpc) is 3.62. The van der Waals surface area contributed by atoms with E-state index >= 15 is 0 Å². The number of amides is 4. The molecule has 0 radical (unpaired) electrons. The highest BCUT2D eigenvalue weighted by molar-refractivity contribution is 7.90. The van der Waals surface area contributed by atoms with Crippen LogP contribution in [0.15, 0.2) is 90.3 Å². The number of allylic oxidation sites excluding steroid dienone is 1. The molecule has 4 aromatic rings. The summed E-state index contributed by atoms with van der Waals surface area (Å²) < 4.78 is 60.2. The minimum Gasteiger partial charge on any atom is -0.497 e. The molecule has 3 aromatic carbocycles. The maximum atomic E-state index is 14.8. The summed E-state index contributed by atoms with van der Waals surface area (Å²) in [4.78, 5) is 62.2. The smallest absolute Gasteiger partial charge is 0.408 e. The summed E-state index contributed by atoms with van der Waals surface area (Å²) in [6.07, 6.45) is -0.175. The molecule has 17 heteroatoms. The van der Waals surface area contributed by atoms with Gasteiger partial charge in [-0.15, -0.1) is 6.58 Å². The monoisotopic (exact) mass is 893 g/mol. The molecule has 1 saturated heterocycles. The first-order valence-corrected chi connectivity index (χ1v) is 21.8. The van der Waals surface area contributed by atoms with Gasteiger partial charge in [0.25, 0.3) is 15.9 Å². The van der Waals surface area contributed by atoms with Gasteiger partial charge in [0, 0.05) is 29.5 Å². The SMILES string of the molecule is C=CCC[C@](C)(NC(=O)[C@@H]1C[C@@H](Oc2cc(-c3ccccc3)nc3cc(OC)ccc23)CN1C(=O)C(NC(=O)OC(C)(C)C)C(C)(C)C)C(=O)NS(=O)(=O)c1ccc(F)c(Cl)c1. The van der Waals surface area contributed by atoms with Crippen LogP contribution in [0.1, 0.15) is 67.7 Å². The molecule has 1 aliphatic rings. The van der Waals surface area contributed by atoms with Gasteiger partial charge in [0.15, 0.2) is 0 Å². The summed E-state index contributed by atoms with van der Waals surface area (Å²) in [6, 6.07) is 16.7. The number of ether oxygens (including phenoxy) is 3. The Morgan fingerprint density at radius 1 is 1.00 bits per heavy atom. The van der Waals surface area contributed by atoms with Crippen LogP contribution in [0.4, 0.5) is 9.18 Å². The molecule has 1 fully saturated rings.